The molecule has 3 nitrogen and oxygen atoms in total. The number of carbonyl (C=O) groups excluding carboxylic acids is 1. The number of hydrogen-bond donors (Lipinski definition) is 1. The van der Waals surface area contributed by atoms with Gasteiger partial charge in [0.1, 0.15) is 0 Å². The molecule has 0 aliphatic heterocycles. The minimum Gasteiger partial charge on any atom is -0.466 e. The molecule has 0 fully saturated rings. The number of nitrogen functional groups attached to an aromatic ring is 1. The molecule has 2 N–H and O–H groups in total. The second-order valence-electron chi connectivity index (χ2n) is 6.22. The van der Waals surface area contributed by atoms with Crippen LogP contribution in [0.25, 0.3) is 0 Å². The second-order valence-corrected chi connectivity index (χ2v) is 6.22. The van der Waals surface area contributed by atoms with Crippen molar-refractivity contribution in [2.75, 3.05) is 12.3 Å². The van der Waals surface area contributed by atoms with E-state index in [1.807, 2.05) is 43.3 Å². The third-order valence-corrected chi connectivity index (χ3v) is 3.96. The molecule has 0 spiro atoms. The van der Waals surface area contributed by atoms with Gasteiger partial charge in [-0.3, -0.25) is 4.79 Å². The van der Waals surface area contributed by atoms with Crippen LogP contribution in [-0.2, 0) is 16.0 Å². The van der Waals surface area contributed by atoms with Crippen LogP contribution in [0, 0.1) is 11.8 Å². The van der Waals surface area contributed by atoms with E-state index in [4.69, 9.17) is 10.5 Å². The maximum absolute atomic E-state index is 11.5. The first kappa shape index (κ1) is 18.6. The topological polar surface area (TPSA) is 52.3 Å². The molecule has 0 saturated carbocycles. The summed E-state index contributed by atoms with van der Waals surface area (Å²) in [6.45, 7) is 6.53. The number of benzene rings is 2. The highest BCUT2D eigenvalue weighted by atomic mass is 16.5. The van der Waals surface area contributed by atoms with E-state index < -0.39 is 0 Å². The normalized spacial score (nSPS) is 10.2. The van der Waals surface area contributed by atoms with E-state index in [1.165, 1.54) is 5.56 Å². The fourth-order valence-electron chi connectivity index (χ4n) is 2.60. The zero-order valence-electron chi connectivity index (χ0n) is 15.1. The van der Waals surface area contributed by atoms with Crippen molar-refractivity contribution in [3.05, 3.63) is 64.7 Å². The minimum atomic E-state index is -0.183. The zero-order chi connectivity index (χ0) is 18.2. The Kier molecular flexibility index (Phi) is 6.65. The fraction of sp³-hybridized carbons (Fsp3) is 0.318. The SMILES string of the molecule is CCOC(=O)CCc1ccc(N)c(C#Cc2ccccc2C(C)C)c1. The molecule has 2 aromatic carbocycles. The molecule has 130 valence electrons. The molecule has 0 aliphatic rings. The molecule has 0 heterocycles. The Bertz CT molecular complexity index is 797. The molecule has 2 rings (SSSR count). The van der Waals surface area contributed by atoms with E-state index in [0.29, 0.717) is 31.1 Å². The molecule has 0 unspecified atom stereocenters. The van der Waals surface area contributed by atoms with Crippen molar-refractivity contribution in [1.82, 2.24) is 0 Å². The van der Waals surface area contributed by atoms with Gasteiger partial charge in [-0.2, -0.15) is 0 Å². The first-order chi connectivity index (χ1) is 12.0. The van der Waals surface area contributed by atoms with Crippen LogP contribution in [0.15, 0.2) is 42.5 Å². The average Bonchev–Trinajstić information content (AvgIpc) is 2.60. The van der Waals surface area contributed by atoms with Gasteiger partial charge in [0.25, 0.3) is 0 Å². The van der Waals surface area contributed by atoms with Gasteiger partial charge in [0.15, 0.2) is 0 Å². The molecule has 0 amide bonds. The lowest BCUT2D eigenvalue weighted by Crippen LogP contribution is -2.05. The van der Waals surface area contributed by atoms with Crippen molar-refractivity contribution in [3.8, 4) is 11.8 Å². The van der Waals surface area contributed by atoms with E-state index in [9.17, 15) is 4.79 Å². The van der Waals surface area contributed by atoms with Crippen LogP contribution in [0.5, 0.6) is 0 Å². The minimum absolute atomic E-state index is 0.183. The Labute approximate surface area is 150 Å². The third-order valence-electron chi connectivity index (χ3n) is 3.96. The van der Waals surface area contributed by atoms with Crippen LogP contribution in [0.2, 0.25) is 0 Å². The van der Waals surface area contributed by atoms with Gasteiger partial charge in [-0.05, 0) is 48.6 Å². The highest BCUT2D eigenvalue weighted by molar-refractivity contribution is 5.70. The first-order valence-corrected chi connectivity index (χ1v) is 8.66. The Balaban J connectivity index is 2.21. The summed E-state index contributed by atoms with van der Waals surface area (Å²) in [5, 5.41) is 0. The van der Waals surface area contributed by atoms with Crippen LogP contribution < -0.4 is 5.73 Å². The summed E-state index contributed by atoms with van der Waals surface area (Å²) >= 11 is 0. The summed E-state index contributed by atoms with van der Waals surface area (Å²) in [6, 6.07) is 13.9. The number of aryl methyl sites for hydroxylation is 1. The molecule has 0 aromatic heterocycles. The Morgan fingerprint density at radius 2 is 1.84 bits per heavy atom. The van der Waals surface area contributed by atoms with Crippen molar-refractivity contribution in [2.45, 2.75) is 39.5 Å². The molecular weight excluding hydrogens is 310 g/mol. The number of esters is 1. The van der Waals surface area contributed by atoms with E-state index in [2.05, 4.69) is 31.8 Å². The lowest BCUT2D eigenvalue weighted by Gasteiger charge is -2.07. The Morgan fingerprint density at radius 1 is 1.12 bits per heavy atom. The maximum atomic E-state index is 11.5. The number of nitrogens with two attached hydrogens (primary N) is 1. The maximum Gasteiger partial charge on any atom is 0.306 e. The van der Waals surface area contributed by atoms with Gasteiger partial charge < -0.3 is 10.5 Å². The lowest BCUT2D eigenvalue weighted by molar-refractivity contribution is -0.143. The van der Waals surface area contributed by atoms with Crippen molar-refractivity contribution in [3.63, 3.8) is 0 Å². The lowest BCUT2D eigenvalue weighted by atomic mass is 9.97. The quantitative estimate of drug-likeness (QED) is 0.504. The molecule has 0 aliphatic carbocycles. The fourth-order valence-corrected chi connectivity index (χ4v) is 2.60. The first-order valence-electron chi connectivity index (χ1n) is 8.66. The monoisotopic (exact) mass is 335 g/mol. The number of anilines is 1. The van der Waals surface area contributed by atoms with Gasteiger partial charge in [0.05, 0.1) is 6.61 Å². The molecule has 3 heteroatoms. The number of hydrogen-bond acceptors (Lipinski definition) is 3. The summed E-state index contributed by atoms with van der Waals surface area (Å²) in [4.78, 5) is 11.5. The summed E-state index contributed by atoms with van der Waals surface area (Å²) in [5.74, 6) is 6.66. The smallest absolute Gasteiger partial charge is 0.306 e. The van der Waals surface area contributed by atoms with E-state index >= 15 is 0 Å². The van der Waals surface area contributed by atoms with Crippen LogP contribution in [0.4, 0.5) is 5.69 Å². The number of carbonyl (C=O) groups is 1. The molecule has 0 saturated heterocycles. The highest BCUT2D eigenvalue weighted by Crippen LogP contribution is 2.19. The predicted octanol–water partition coefficient (Wildman–Crippen LogP) is 4.29. The van der Waals surface area contributed by atoms with Crippen LogP contribution in [0.3, 0.4) is 0 Å². The summed E-state index contributed by atoms with van der Waals surface area (Å²) in [7, 11) is 0. The Hall–Kier alpha value is -2.73. The van der Waals surface area contributed by atoms with Gasteiger partial charge in [-0.15, -0.1) is 0 Å². The molecule has 2 aromatic rings. The van der Waals surface area contributed by atoms with Crippen LogP contribution >= 0.6 is 0 Å². The molecule has 0 radical (unpaired) electrons. The van der Waals surface area contributed by atoms with Crippen molar-refractivity contribution in [1.29, 1.82) is 0 Å². The van der Waals surface area contributed by atoms with Gasteiger partial charge in [0.2, 0.25) is 0 Å². The third kappa shape index (κ3) is 5.39. The van der Waals surface area contributed by atoms with Crippen molar-refractivity contribution >= 4 is 11.7 Å². The highest BCUT2D eigenvalue weighted by Gasteiger charge is 2.06. The molecule has 0 bridgehead atoms. The van der Waals surface area contributed by atoms with E-state index in [0.717, 1.165) is 16.7 Å². The van der Waals surface area contributed by atoms with Gasteiger partial charge in [-0.25, -0.2) is 0 Å². The number of ether oxygens (including phenoxy) is 1. The number of rotatable bonds is 5. The average molecular weight is 335 g/mol. The van der Waals surface area contributed by atoms with Gasteiger partial charge in [0, 0.05) is 23.2 Å². The van der Waals surface area contributed by atoms with Crippen LogP contribution in [-0.4, -0.2) is 12.6 Å². The Morgan fingerprint density at radius 3 is 2.56 bits per heavy atom. The van der Waals surface area contributed by atoms with Crippen LogP contribution in [0.1, 0.15) is 55.4 Å². The van der Waals surface area contributed by atoms with E-state index in [-0.39, 0.29) is 5.97 Å². The van der Waals surface area contributed by atoms with Gasteiger partial charge in [-0.1, -0.05) is 50.0 Å². The molecular formula is C22H25NO2. The van der Waals surface area contributed by atoms with E-state index in [1.54, 1.807) is 0 Å². The summed E-state index contributed by atoms with van der Waals surface area (Å²) < 4.78 is 4.97. The molecule has 0 atom stereocenters. The largest absolute Gasteiger partial charge is 0.466 e. The molecule has 25 heavy (non-hydrogen) atoms. The van der Waals surface area contributed by atoms with Crippen molar-refractivity contribution in [2.24, 2.45) is 0 Å². The van der Waals surface area contributed by atoms with Gasteiger partial charge >= 0.3 is 5.97 Å². The second kappa shape index (κ2) is 8.94. The zero-order valence-corrected chi connectivity index (χ0v) is 15.1. The van der Waals surface area contributed by atoms with Crippen molar-refractivity contribution < 1.29 is 9.53 Å². The summed E-state index contributed by atoms with van der Waals surface area (Å²) in [6.07, 6.45) is 0.983. The summed E-state index contributed by atoms with van der Waals surface area (Å²) in [5.41, 5.74) is 10.8. The standard InChI is InChI=1S/C22H25NO2/c1-4-25-22(24)14-10-17-9-13-21(23)19(15-17)12-11-18-7-5-6-8-20(18)16(2)3/h5-9,13,15-16H,4,10,14,23H2,1-3H3. The predicted molar refractivity (Wildman–Crippen MR) is 102 cm³/mol.